The number of anilines is 3. The topological polar surface area (TPSA) is 86.6 Å². The molecule has 0 saturated carbocycles. The van der Waals surface area contributed by atoms with E-state index in [1.807, 2.05) is 0 Å². The van der Waals surface area contributed by atoms with Crippen molar-refractivity contribution in [3.8, 4) is 5.69 Å². The zero-order chi connectivity index (χ0) is 28.2. The fourth-order valence-electron chi connectivity index (χ4n) is 4.09. The monoisotopic (exact) mass is 550 g/mol. The largest absolute Gasteiger partial charge is 0.477 e. The molecule has 2 aromatic carbocycles. The van der Waals surface area contributed by atoms with E-state index in [1.165, 1.54) is 16.7 Å². The van der Waals surface area contributed by atoms with Crippen LogP contribution >= 0.6 is 11.6 Å². The van der Waals surface area contributed by atoms with Gasteiger partial charge >= 0.3 is 18.2 Å². The van der Waals surface area contributed by atoms with Crippen LogP contribution in [0.2, 0.25) is 5.02 Å². The fourth-order valence-corrected chi connectivity index (χ4v) is 4.31. The molecule has 0 radical (unpaired) electrons. The summed E-state index contributed by atoms with van der Waals surface area (Å²) in [7, 11) is 0. The number of carboxylic acid groups (broad SMARTS) is 1. The molecular weight excluding hydrogens is 521 g/mol. The molecule has 0 atom stereocenters. The van der Waals surface area contributed by atoms with E-state index in [2.05, 4.69) is 43.2 Å². The number of carbonyl (C=O) groups is 2. The number of nitrogens with zero attached hydrogens (tertiary/aromatic N) is 2. The summed E-state index contributed by atoms with van der Waals surface area (Å²) >= 11 is 5.69. The second-order valence-corrected chi connectivity index (χ2v) is 10.1. The van der Waals surface area contributed by atoms with Crippen molar-refractivity contribution < 1.29 is 27.9 Å². The van der Waals surface area contributed by atoms with E-state index in [9.17, 15) is 27.9 Å². The molecule has 0 unspecified atom stereocenters. The molecule has 0 spiro atoms. The normalized spacial score (nSPS) is 11.6. The quantitative estimate of drug-likeness (QED) is 0.256. The molecule has 11 heteroatoms. The molecule has 38 heavy (non-hydrogen) atoms. The molecular formula is C27H30ClF3N4O3. The molecule has 204 valence electrons. The lowest BCUT2D eigenvalue weighted by molar-refractivity contribution is -0.137. The van der Waals surface area contributed by atoms with Gasteiger partial charge in [-0.2, -0.15) is 13.2 Å². The molecule has 0 aliphatic carbocycles. The Morgan fingerprint density at radius 3 is 2.24 bits per heavy atom. The molecule has 3 rings (SSSR count). The average Bonchev–Trinajstić information content (AvgIpc) is 3.29. The number of carbonyl (C=O) groups excluding carboxylic acids is 1. The van der Waals surface area contributed by atoms with Crippen molar-refractivity contribution >= 4 is 40.7 Å². The van der Waals surface area contributed by atoms with E-state index in [0.29, 0.717) is 42.0 Å². The van der Waals surface area contributed by atoms with Gasteiger partial charge in [0.15, 0.2) is 0 Å². The van der Waals surface area contributed by atoms with Crippen molar-refractivity contribution in [2.75, 3.05) is 28.6 Å². The third-order valence-corrected chi connectivity index (χ3v) is 5.85. The van der Waals surface area contributed by atoms with E-state index in [0.717, 1.165) is 12.1 Å². The first-order valence-corrected chi connectivity index (χ1v) is 12.4. The lowest BCUT2D eigenvalue weighted by Crippen LogP contribution is -2.32. The van der Waals surface area contributed by atoms with E-state index in [4.69, 9.17) is 11.6 Å². The zero-order valence-electron chi connectivity index (χ0n) is 21.4. The first-order valence-electron chi connectivity index (χ1n) is 12.0. The molecule has 3 aromatic rings. The Morgan fingerprint density at radius 1 is 1.00 bits per heavy atom. The summed E-state index contributed by atoms with van der Waals surface area (Å²) in [4.78, 5) is 26.7. The molecule has 0 saturated heterocycles. The summed E-state index contributed by atoms with van der Waals surface area (Å²) in [5.74, 6) is -0.517. The van der Waals surface area contributed by atoms with Crippen LogP contribution in [0, 0.1) is 11.8 Å². The Labute approximate surface area is 224 Å². The molecule has 2 amide bonds. The number of urea groups is 1. The van der Waals surface area contributed by atoms with Crippen LogP contribution in [0.15, 0.2) is 54.7 Å². The maximum absolute atomic E-state index is 13.3. The molecule has 3 N–H and O–H groups in total. The van der Waals surface area contributed by atoms with Crippen molar-refractivity contribution in [3.63, 3.8) is 0 Å². The maximum Gasteiger partial charge on any atom is 0.417 e. The number of carboxylic acids is 1. The van der Waals surface area contributed by atoms with E-state index >= 15 is 0 Å². The first kappa shape index (κ1) is 28.9. The highest BCUT2D eigenvalue weighted by Crippen LogP contribution is 2.36. The Bertz CT molecular complexity index is 1290. The van der Waals surface area contributed by atoms with Gasteiger partial charge in [-0.1, -0.05) is 39.3 Å². The van der Waals surface area contributed by atoms with Gasteiger partial charge in [0.05, 0.1) is 22.0 Å². The third-order valence-electron chi connectivity index (χ3n) is 5.52. The van der Waals surface area contributed by atoms with Crippen molar-refractivity contribution in [3.05, 3.63) is 71.0 Å². The Balaban J connectivity index is 2.01. The van der Waals surface area contributed by atoms with Gasteiger partial charge in [0.1, 0.15) is 5.69 Å². The molecule has 0 fully saturated rings. The van der Waals surface area contributed by atoms with E-state index < -0.39 is 28.8 Å². The molecule has 0 aliphatic heterocycles. The number of aromatic carboxylic acids is 1. The highest BCUT2D eigenvalue weighted by molar-refractivity contribution is 6.31. The van der Waals surface area contributed by atoms with Crippen molar-refractivity contribution in [1.82, 2.24) is 4.57 Å². The summed E-state index contributed by atoms with van der Waals surface area (Å²) in [6, 6.07) is 10.6. The van der Waals surface area contributed by atoms with E-state index in [-0.39, 0.29) is 11.4 Å². The average molecular weight is 551 g/mol. The van der Waals surface area contributed by atoms with Crippen molar-refractivity contribution in [2.24, 2.45) is 11.8 Å². The summed E-state index contributed by atoms with van der Waals surface area (Å²) in [6.07, 6.45) is -3.09. The summed E-state index contributed by atoms with van der Waals surface area (Å²) in [5, 5.41) is 14.2. The van der Waals surface area contributed by atoms with Crippen LogP contribution in [0.25, 0.3) is 5.69 Å². The van der Waals surface area contributed by atoms with Gasteiger partial charge in [0, 0.05) is 30.7 Å². The van der Waals surface area contributed by atoms with Crippen LogP contribution < -0.4 is 15.5 Å². The van der Waals surface area contributed by atoms with Gasteiger partial charge in [0.25, 0.3) is 0 Å². The van der Waals surface area contributed by atoms with Crippen LogP contribution in [0.5, 0.6) is 0 Å². The number of nitrogens with one attached hydrogen (secondary N) is 2. The Morgan fingerprint density at radius 2 is 1.66 bits per heavy atom. The summed E-state index contributed by atoms with van der Waals surface area (Å²) < 4.78 is 41.3. The van der Waals surface area contributed by atoms with E-state index in [1.54, 1.807) is 30.5 Å². The van der Waals surface area contributed by atoms with Crippen LogP contribution in [0.4, 0.5) is 35.0 Å². The zero-order valence-corrected chi connectivity index (χ0v) is 22.2. The van der Waals surface area contributed by atoms with Gasteiger partial charge in [-0.25, -0.2) is 9.59 Å². The second kappa shape index (κ2) is 11.8. The molecule has 7 nitrogen and oxygen atoms in total. The predicted octanol–water partition coefficient (Wildman–Crippen LogP) is 7.61. The number of hydrogen-bond acceptors (Lipinski definition) is 3. The second-order valence-electron chi connectivity index (χ2n) is 9.73. The molecule has 0 bridgehead atoms. The number of halogens is 4. The predicted molar refractivity (Wildman–Crippen MR) is 144 cm³/mol. The molecule has 1 heterocycles. The number of benzene rings is 2. The standard InChI is InChI=1S/C27H30ClF3N4O3/c1-16(2)14-34(15-17(3)4)23-10-8-19(35-11-5-6-24(35)25(36)37)13-22(23)33-26(38)32-18-7-9-21(28)20(12-18)27(29,30)31/h5-13,16-17H,14-15H2,1-4H3,(H,36,37)(H2,32,33,38). The minimum atomic E-state index is -4.68. The van der Waals surface area contributed by atoms with Gasteiger partial charge in [-0.05, 0) is 60.4 Å². The fraction of sp³-hybridized carbons (Fsp3) is 0.333. The molecule has 1 aromatic heterocycles. The van der Waals surface area contributed by atoms with Gasteiger partial charge in [0.2, 0.25) is 0 Å². The number of rotatable bonds is 9. The lowest BCUT2D eigenvalue weighted by atomic mass is 10.1. The van der Waals surface area contributed by atoms with Crippen LogP contribution in [0.1, 0.15) is 43.7 Å². The minimum Gasteiger partial charge on any atom is -0.477 e. The first-order chi connectivity index (χ1) is 17.8. The third kappa shape index (κ3) is 7.22. The summed E-state index contributed by atoms with van der Waals surface area (Å²) in [6.45, 7) is 9.64. The van der Waals surface area contributed by atoms with Gasteiger partial charge in [-0.15, -0.1) is 0 Å². The van der Waals surface area contributed by atoms with Gasteiger partial charge < -0.3 is 25.2 Å². The molecule has 0 aliphatic rings. The van der Waals surface area contributed by atoms with Crippen LogP contribution in [0.3, 0.4) is 0 Å². The highest BCUT2D eigenvalue weighted by Gasteiger charge is 2.33. The summed E-state index contributed by atoms with van der Waals surface area (Å²) in [5.41, 5.74) is 0.450. The van der Waals surface area contributed by atoms with Gasteiger partial charge in [-0.3, -0.25) is 0 Å². The van der Waals surface area contributed by atoms with Crippen molar-refractivity contribution in [1.29, 1.82) is 0 Å². The SMILES string of the molecule is CC(C)CN(CC(C)C)c1ccc(-n2cccc2C(=O)O)cc1NC(=O)Nc1ccc(Cl)c(C(F)(F)F)c1. The number of aromatic nitrogens is 1. The maximum atomic E-state index is 13.3. The Hall–Kier alpha value is -3.66. The Kier molecular flexibility index (Phi) is 8.98. The lowest BCUT2D eigenvalue weighted by Gasteiger charge is -2.31. The van der Waals surface area contributed by atoms with Crippen LogP contribution in [-0.4, -0.2) is 34.8 Å². The number of amides is 2. The number of hydrogen-bond donors (Lipinski definition) is 3. The highest BCUT2D eigenvalue weighted by atomic mass is 35.5. The van der Waals surface area contributed by atoms with Crippen molar-refractivity contribution in [2.45, 2.75) is 33.9 Å². The van der Waals surface area contributed by atoms with Crippen LogP contribution in [-0.2, 0) is 6.18 Å². The number of alkyl halides is 3. The smallest absolute Gasteiger partial charge is 0.417 e. The minimum absolute atomic E-state index is 0.0372.